The highest BCUT2D eigenvalue weighted by molar-refractivity contribution is 5.00. The Balaban J connectivity index is 2.46. The predicted molar refractivity (Wildman–Crippen MR) is 54.3 cm³/mol. The Bertz CT molecular complexity index is 153. The van der Waals surface area contributed by atoms with Crippen molar-refractivity contribution >= 4 is 0 Å². The van der Waals surface area contributed by atoms with E-state index in [9.17, 15) is 0 Å². The highest BCUT2D eigenvalue weighted by Crippen LogP contribution is 2.35. The molecule has 0 aromatic carbocycles. The lowest BCUT2D eigenvalue weighted by molar-refractivity contribution is 0.321. The van der Waals surface area contributed by atoms with Crippen molar-refractivity contribution in [3.63, 3.8) is 0 Å². The molecule has 0 aromatic heterocycles. The second-order valence-corrected chi connectivity index (χ2v) is 4.16. The van der Waals surface area contributed by atoms with Crippen molar-refractivity contribution in [1.29, 1.82) is 0 Å². The zero-order chi connectivity index (χ0) is 9.03. The van der Waals surface area contributed by atoms with Crippen LogP contribution in [0, 0.1) is 5.41 Å². The van der Waals surface area contributed by atoms with Crippen LogP contribution in [0.5, 0.6) is 0 Å². The van der Waals surface area contributed by atoms with Gasteiger partial charge in [-0.1, -0.05) is 25.8 Å². The van der Waals surface area contributed by atoms with Gasteiger partial charge in [0.05, 0.1) is 0 Å². The van der Waals surface area contributed by atoms with Crippen LogP contribution in [0.15, 0.2) is 12.7 Å². The number of nitrogens with zero attached hydrogens (tertiary/aromatic N) is 1. The minimum Gasteiger partial charge on any atom is -0.305 e. The summed E-state index contributed by atoms with van der Waals surface area (Å²) in [5.74, 6) is 0. The van der Waals surface area contributed by atoms with E-state index in [1.807, 2.05) is 0 Å². The quantitative estimate of drug-likeness (QED) is 0.582. The van der Waals surface area contributed by atoms with Crippen molar-refractivity contribution < 1.29 is 0 Å². The Kier molecular flexibility index (Phi) is 3.33. The summed E-state index contributed by atoms with van der Waals surface area (Å²) in [6.45, 7) is 8.70. The van der Waals surface area contributed by atoms with Crippen molar-refractivity contribution in [3.05, 3.63) is 12.7 Å². The summed E-state index contributed by atoms with van der Waals surface area (Å²) < 4.78 is 0. The molecule has 70 valence electrons. The molecule has 0 aromatic rings. The molecule has 0 N–H and O–H groups in total. The van der Waals surface area contributed by atoms with Gasteiger partial charge in [-0.25, -0.2) is 0 Å². The zero-order valence-electron chi connectivity index (χ0n) is 8.47. The third-order valence-corrected chi connectivity index (χ3v) is 3.04. The zero-order valence-corrected chi connectivity index (χ0v) is 8.47. The summed E-state index contributed by atoms with van der Waals surface area (Å²) in [5, 5.41) is 0. The molecule has 0 bridgehead atoms. The lowest BCUT2D eigenvalue weighted by atomic mass is 9.82. The lowest BCUT2D eigenvalue weighted by Crippen LogP contribution is -2.22. The van der Waals surface area contributed by atoms with Crippen LogP contribution in [0.2, 0.25) is 0 Å². The van der Waals surface area contributed by atoms with Crippen LogP contribution >= 0.6 is 0 Å². The maximum atomic E-state index is 3.98. The van der Waals surface area contributed by atoms with Gasteiger partial charge in [0.1, 0.15) is 0 Å². The van der Waals surface area contributed by atoms with Gasteiger partial charge in [-0.05, 0) is 26.4 Å². The fourth-order valence-corrected chi connectivity index (χ4v) is 2.11. The largest absolute Gasteiger partial charge is 0.305 e. The number of unbranched alkanes of at least 4 members (excludes halogenated alkanes) is 1. The molecule has 1 nitrogen and oxygen atoms in total. The minimum atomic E-state index is 0.449. The monoisotopic (exact) mass is 167 g/mol. The van der Waals surface area contributed by atoms with E-state index in [1.165, 1.54) is 38.8 Å². The average Bonchev–Trinajstić information content (AvgIpc) is 2.45. The van der Waals surface area contributed by atoms with Crippen LogP contribution in [0.4, 0.5) is 0 Å². The Morgan fingerprint density at radius 1 is 1.58 bits per heavy atom. The Morgan fingerprint density at radius 3 is 2.75 bits per heavy atom. The van der Waals surface area contributed by atoms with Gasteiger partial charge in [0, 0.05) is 12.0 Å². The normalized spacial score (nSPS) is 30.8. The fraction of sp³-hybridized carbons (Fsp3) is 0.818. The summed E-state index contributed by atoms with van der Waals surface area (Å²) in [6, 6.07) is 0. The molecule has 1 heterocycles. The highest BCUT2D eigenvalue weighted by atomic mass is 15.1. The van der Waals surface area contributed by atoms with Crippen LogP contribution in [0.3, 0.4) is 0 Å². The molecular weight excluding hydrogens is 146 g/mol. The molecule has 12 heavy (non-hydrogen) atoms. The van der Waals surface area contributed by atoms with Crippen molar-refractivity contribution in [2.75, 3.05) is 20.1 Å². The summed E-state index contributed by atoms with van der Waals surface area (Å²) in [5.41, 5.74) is 0.449. The van der Waals surface area contributed by atoms with Gasteiger partial charge in [0.15, 0.2) is 0 Å². The number of hydrogen-bond donors (Lipinski definition) is 0. The van der Waals surface area contributed by atoms with E-state index in [-0.39, 0.29) is 0 Å². The summed E-state index contributed by atoms with van der Waals surface area (Å²) in [4.78, 5) is 2.41. The number of rotatable bonds is 4. The lowest BCUT2D eigenvalue weighted by Gasteiger charge is -2.24. The van der Waals surface area contributed by atoms with Crippen LogP contribution in [-0.4, -0.2) is 25.0 Å². The molecule has 1 saturated heterocycles. The molecular formula is C11H21N. The van der Waals surface area contributed by atoms with Gasteiger partial charge in [0.2, 0.25) is 0 Å². The van der Waals surface area contributed by atoms with Crippen LogP contribution < -0.4 is 0 Å². The molecule has 1 aliphatic rings. The number of likely N-dealkylation sites (tertiary alicyclic amines) is 1. The molecule has 0 spiro atoms. The Hall–Kier alpha value is -0.300. The maximum Gasteiger partial charge on any atom is 0.00700 e. The third kappa shape index (κ3) is 2.10. The Morgan fingerprint density at radius 2 is 2.33 bits per heavy atom. The van der Waals surface area contributed by atoms with Crippen LogP contribution in [-0.2, 0) is 0 Å². The van der Waals surface area contributed by atoms with E-state index >= 15 is 0 Å². The van der Waals surface area contributed by atoms with Gasteiger partial charge in [-0.2, -0.15) is 0 Å². The second-order valence-electron chi connectivity index (χ2n) is 4.16. The topological polar surface area (TPSA) is 3.24 Å². The molecule has 1 fully saturated rings. The molecule has 0 aliphatic carbocycles. The van der Waals surface area contributed by atoms with Crippen molar-refractivity contribution in [2.24, 2.45) is 5.41 Å². The average molecular weight is 167 g/mol. The van der Waals surface area contributed by atoms with Gasteiger partial charge in [-0.15, -0.1) is 6.58 Å². The van der Waals surface area contributed by atoms with E-state index in [0.717, 1.165) is 0 Å². The smallest absolute Gasteiger partial charge is 0.00700 e. The van der Waals surface area contributed by atoms with E-state index in [1.54, 1.807) is 0 Å². The van der Waals surface area contributed by atoms with Crippen LogP contribution in [0.1, 0.15) is 32.6 Å². The highest BCUT2D eigenvalue weighted by Gasteiger charge is 2.32. The predicted octanol–water partition coefficient (Wildman–Crippen LogP) is 2.68. The fourth-order valence-electron chi connectivity index (χ4n) is 2.11. The molecule has 1 aliphatic heterocycles. The van der Waals surface area contributed by atoms with E-state index in [4.69, 9.17) is 0 Å². The molecule has 0 amide bonds. The summed E-state index contributed by atoms with van der Waals surface area (Å²) in [6.07, 6.45) is 7.48. The third-order valence-electron chi connectivity index (χ3n) is 3.04. The standard InChI is InChI=1S/C11H21N/c1-4-6-7-11(5-2)8-9-12(3)10-11/h5H,2,4,6-10H2,1,3H3. The van der Waals surface area contributed by atoms with Gasteiger partial charge in [-0.3, -0.25) is 0 Å². The van der Waals surface area contributed by atoms with E-state index in [0.29, 0.717) is 5.41 Å². The first kappa shape index (κ1) is 9.79. The molecule has 1 rings (SSSR count). The molecule has 0 saturated carbocycles. The first-order chi connectivity index (χ1) is 5.72. The van der Waals surface area contributed by atoms with E-state index in [2.05, 4.69) is 31.5 Å². The maximum absolute atomic E-state index is 3.98. The molecule has 1 heteroatoms. The van der Waals surface area contributed by atoms with Crippen molar-refractivity contribution in [3.8, 4) is 0 Å². The van der Waals surface area contributed by atoms with Gasteiger partial charge in [0.25, 0.3) is 0 Å². The molecule has 1 unspecified atom stereocenters. The second kappa shape index (κ2) is 4.08. The van der Waals surface area contributed by atoms with E-state index < -0.39 is 0 Å². The number of hydrogen-bond acceptors (Lipinski definition) is 1. The molecule has 0 radical (unpaired) electrons. The minimum absolute atomic E-state index is 0.449. The first-order valence-electron chi connectivity index (χ1n) is 5.04. The first-order valence-corrected chi connectivity index (χ1v) is 5.04. The summed E-state index contributed by atoms with van der Waals surface area (Å²) in [7, 11) is 2.21. The summed E-state index contributed by atoms with van der Waals surface area (Å²) >= 11 is 0. The van der Waals surface area contributed by atoms with Crippen molar-refractivity contribution in [1.82, 2.24) is 4.90 Å². The SMILES string of the molecule is C=CC1(CCCC)CCN(C)C1. The van der Waals surface area contributed by atoms with Gasteiger partial charge < -0.3 is 4.90 Å². The molecule has 1 atom stereocenters. The van der Waals surface area contributed by atoms with Gasteiger partial charge >= 0.3 is 0 Å². The van der Waals surface area contributed by atoms with Crippen LogP contribution in [0.25, 0.3) is 0 Å². The van der Waals surface area contributed by atoms with Crippen molar-refractivity contribution in [2.45, 2.75) is 32.6 Å². The Labute approximate surface area is 76.5 Å².